The summed E-state index contributed by atoms with van der Waals surface area (Å²) in [7, 11) is 0. The van der Waals surface area contributed by atoms with Crippen molar-refractivity contribution in [2.45, 2.75) is 38.9 Å². The highest BCUT2D eigenvalue weighted by Crippen LogP contribution is 2.32. The molecule has 0 fully saturated rings. The molecule has 0 unspecified atom stereocenters. The van der Waals surface area contributed by atoms with E-state index in [4.69, 9.17) is 15.3 Å². The highest BCUT2D eigenvalue weighted by atomic mass is 32.1. The number of fused-ring (bicyclic) bond motifs is 1. The molecular weight excluding hydrogens is 344 g/mol. The number of ether oxygens (including phenoxy) is 1. The molecule has 3 rings (SSSR count). The van der Waals surface area contributed by atoms with Crippen molar-refractivity contribution in [3.63, 3.8) is 0 Å². The van der Waals surface area contributed by atoms with Gasteiger partial charge < -0.3 is 20.4 Å². The molecule has 9 heteroatoms. The van der Waals surface area contributed by atoms with Gasteiger partial charge in [-0.05, 0) is 26.8 Å². The molecule has 132 valence electrons. The minimum Gasteiger partial charge on any atom is -0.469 e. The van der Waals surface area contributed by atoms with E-state index in [2.05, 4.69) is 15.1 Å². The van der Waals surface area contributed by atoms with Gasteiger partial charge in [0.15, 0.2) is 10.8 Å². The Hall–Kier alpha value is -2.52. The van der Waals surface area contributed by atoms with Crippen molar-refractivity contribution in [3.8, 4) is 5.88 Å². The number of carbonyl (C=O) groups is 1. The maximum Gasteiger partial charge on any atom is 0.367 e. The zero-order valence-electron chi connectivity index (χ0n) is 14.0. The van der Waals surface area contributed by atoms with Crippen molar-refractivity contribution >= 4 is 23.1 Å². The zero-order valence-corrected chi connectivity index (χ0v) is 14.8. The summed E-state index contributed by atoms with van der Waals surface area (Å²) in [6.07, 6.45) is 2.63. The van der Waals surface area contributed by atoms with Gasteiger partial charge in [-0.25, -0.2) is 14.8 Å². The molecule has 2 aromatic heterocycles. The van der Waals surface area contributed by atoms with Gasteiger partial charge in [-0.15, -0.1) is 11.3 Å². The predicted octanol–water partition coefficient (Wildman–Crippen LogP) is 1.40. The number of aliphatic hydroxyl groups excluding tert-OH is 1. The van der Waals surface area contributed by atoms with Crippen molar-refractivity contribution < 1.29 is 19.5 Å². The molecule has 3 heterocycles. The number of oxime groups is 1. The Morgan fingerprint density at radius 2 is 2.24 bits per heavy atom. The lowest BCUT2D eigenvalue weighted by Gasteiger charge is -2.36. The third kappa shape index (κ3) is 3.62. The number of pyridine rings is 1. The first kappa shape index (κ1) is 17.3. The number of aliphatic hydroxyl groups is 1. The lowest BCUT2D eigenvalue weighted by Crippen LogP contribution is -2.46. The van der Waals surface area contributed by atoms with Crippen LogP contribution in [0.2, 0.25) is 0 Å². The third-order valence-corrected chi connectivity index (χ3v) is 4.74. The molecule has 1 aliphatic heterocycles. The molecule has 25 heavy (non-hydrogen) atoms. The van der Waals surface area contributed by atoms with Crippen molar-refractivity contribution in [3.05, 3.63) is 39.5 Å². The fraction of sp³-hybridized carbons (Fsp3) is 0.375. The van der Waals surface area contributed by atoms with Gasteiger partial charge in [-0.2, -0.15) is 0 Å². The minimum atomic E-state index is -0.730. The van der Waals surface area contributed by atoms with E-state index in [0.717, 1.165) is 4.88 Å². The summed E-state index contributed by atoms with van der Waals surface area (Å²) in [6.45, 7) is 5.45. The first-order chi connectivity index (χ1) is 11.8. The summed E-state index contributed by atoms with van der Waals surface area (Å²) in [5, 5.41) is 14.2. The lowest BCUT2D eigenvalue weighted by molar-refractivity contribution is -0.0443. The summed E-state index contributed by atoms with van der Waals surface area (Å²) < 4.78 is 5.66. The maximum absolute atomic E-state index is 12.1. The summed E-state index contributed by atoms with van der Waals surface area (Å²) in [4.78, 5) is 26.2. The van der Waals surface area contributed by atoms with Crippen LogP contribution in [0.3, 0.4) is 0 Å². The van der Waals surface area contributed by atoms with E-state index in [0.29, 0.717) is 22.9 Å². The molecule has 3 N–H and O–H groups in total. The van der Waals surface area contributed by atoms with Crippen molar-refractivity contribution in [2.75, 3.05) is 0 Å². The van der Waals surface area contributed by atoms with Crippen LogP contribution in [0.15, 0.2) is 23.6 Å². The number of thiazole rings is 1. The first-order valence-corrected chi connectivity index (χ1v) is 8.41. The van der Waals surface area contributed by atoms with Crippen molar-refractivity contribution in [2.24, 2.45) is 10.9 Å². The molecule has 0 aliphatic carbocycles. The van der Waals surface area contributed by atoms with Gasteiger partial charge in [0.25, 0.3) is 0 Å². The molecule has 0 saturated carbocycles. The van der Waals surface area contributed by atoms with Crippen LogP contribution in [-0.2, 0) is 11.3 Å². The Morgan fingerprint density at radius 1 is 1.48 bits per heavy atom. The number of nitrogens with zero attached hydrogens (tertiary/aromatic N) is 3. The van der Waals surface area contributed by atoms with E-state index in [-0.39, 0.29) is 11.4 Å². The number of hydrogen-bond donors (Lipinski definition) is 2. The number of aromatic nitrogens is 2. The monoisotopic (exact) mass is 362 g/mol. The van der Waals surface area contributed by atoms with Gasteiger partial charge in [0, 0.05) is 29.3 Å². The first-order valence-electron chi connectivity index (χ1n) is 7.60. The molecule has 0 aromatic carbocycles. The lowest BCUT2D eigenvalue weighted by atomic mass is 9.92. The Kier molecular flexibility index (Phi) is 4.44. The highest BCUT2D eigenvalue weighted by Gasteiger charge is 2.36. The summed E-state index contributed by atoms with van der Waals surface area (Å²) >= 11 is 1.35. The minimum absolute atomic E-state index is 0.0258. The summed E-state index contributed by atoms with van der Waals surface area (Å²) in [5.74, 6) is -0.281. The summed E-state index contributed by atoms with van der Waals surface area (Å²) in [6, 6.07) is 1.57. The fourth-order valence-corrected chi connectivity index (χ4v) is 2.93. The number of carbonyl (C=O) groups excluding carboxylic acids is 1. The van der Waals surface area contributed by atoms with E-state index in [1.807, 2.05) is 6.92 Å². The number of rotatable bonds is 3. The molecule has 0 bridgehead atoms. The van der Waals surface area contributed by atoms with Crippen molar-refractivity contribution in [1.82, 2.24) is 9.97 Å². The van der Waals surface area contributed by atoms with Gasteiger partial charge in [-0.3, -0.25) is 0 Å². The number of aryl methyl sites for hydroxylation is 1. The van der Waals surface area contributed by atoms with Crippen molar-refractivity contribution in [1.29, 1.82) is 0 Å². The fourth-order valence-electron chi connectivity index (χ4n) is 2.27. The molecule has 0 amide bonds. The van der Waals surface area contributed by atoms with E-state index >= 15 is 0 Å². The largest absolute Gasteiger partial charge is 0.469 e. The molecule has 2 aromatic rings. The van der Waals surface area contributed by atoms with Crippen LogP contribution in [-0.4, -0.2) is 38.6 Å². The molecule has 0 saturated heterocycles. The van der Waals surface area contributed by atoms with Gasteiger partial charge in [0.2, 0.25) is 5.88 Å². The van der Waals surface area contributed by atoms with Crippen LogP contribution in [0.4, 0.5) is 0 Å². The maximum atomic E-state index is 12.1. The smallest absolute Gasteiger partial charge is 0.367 e. The van der Waals surface area contributed by atoms with Crippen LogP contribution in [0.25, 0.3) is 0 Å². The van der Waals surface area contributed by atoms with Crippen LogP contribution < -0.4 is 10.5 Å². The van der Waals surface area contributed by atoms with Gasteiger partial charge in [0.1, 0.15) is 5.60 Å². The Morgan fingerprint density at radius 3 is 2.92 bits per heavy atom. The van der Waals surface area contributed by atoms with Crippen LogP contribution in [0, 0.1) is 6.92 Å². The third-order valence-electron chi connectivity index (χ3n) is 3.80. The second-order valence-electron chi connectivity index (χ2n) is 6.25. The SMILES string of the molecule is Cc1cnc(/C(N)=N\OC(=O)c2cnc3c(c2)C[C@H](O)C(C)(C)O3)s1. The van der Waals surface area contributed by atoms with Crippen LogP contribution in [0.5, 0.6) is 5.88 Å². The van der Waals surface area contributed by atoms with E-state index < -0.39 is 17.7 Å². The van der Waals surface area contributed by atoms with E-state index in [9.17, 15) is 9.90 Å². The average Bonchev–Trinajstić information content (AvgIpc) is 2.99. The molecule has 0 radical (unpaired) electrons. The Labute approximate surface area is 148 Å². The van der Waals surface area contributed by atoms with Gasteiger partial charge in [0.05, 0.1) is 11.7 Å². The highest BCUT2D eigenvalue weighted by molar-refractivity contribution is 7.13. The molecule has 0 spiro atoms. The zero-order chi connectivity index (χ0) is 18.2. The van der Waals surface area contributed by atoms with Gasteiger partial charge >= 0.3 is 5.97 Å². The van der Waals surface area contributed by atoms with Gasteiger partial charge in [-0.1, -0.05) is 5.16 Å². The van der Waals surface area contributed by atoms with Crippen LogP contribution >= 0.6 is 11.3 Å². The standard InChI is InChI=1S/C16H18N4O4S/c1-8-6-19-14(25-8)12(17)20-24-15(22)10-4-9-5-11(21)16(2,3)23-13(9)18-7-10/h4,6-7,11,21H,5H2,1-3H3,(H2,17,20)/t11-/m0/s1. The van der Waals surface area contributed by atoms with E-state index in [1.165, 1.54) is 17.5 Å². The topological polar surface area (TPSA) is 120 Å². The summed E-state index contributed by atoms with van der Waals surface area (Å²) in [5.41, 5.74) is 5.84. The normalized spacial score (nSPS) is 19.0. The second-order valence-corrected chi connectivity index (χ2v) is 7.48. The number of amidine groups is 1. The Balaban J connectivity index is 1.74. The van der Waals surface area contributed by atoms with Crippen LogP contribution in [0.1, 0.15) is 39.7 Å². The molecular formula is C16H18N4O4S. The quantitative estimate of drug-likeness (QED) is 0.366. The molecule has 8 nitrogen and oxygen atoms in total. The number of hydrogen-bond acceptors (Lipinski definition) is 8. The average molecular weight is 362 g/mol. The van der Waals surface area contributed by atoms with E-state index in [1.54, 1.807) is 26.1 Å². The number of nitrogens with two attached hydrogens (primary N) is 1. The predicted molar refractivity (Wildman–Crippen MR) is 91.6 cm³/mol. The molecule has 1 aliphatic rings. The Bertz CT molecular complexity index is 846. The second kappa shape index (κ2) is 6.41. The molecule has 1 atom stereocenters.